The molecule has 1 aliphatic rings. The quantitative estimate of drug-likeness (QED) is 0.862. The maximum absolute atomic E-state index is 12.6. The lowest BCUT2D eigenvalue weighted by Crippen LogP contribution is -2.35. The van der Waals surface area contributed by atoms with Crippen molar-refractivity contribution in [1.29, 1.82) is 0 Å². The Kier molecular flexibility index (Phi) is 5.25. The summed E-state index contributed by atoms with van der Waals surface area (Å²) in [5.74, 6) is 1.99. The van der Waals surface area contributed by atoms with E-state index in [1.807, 2.05) is 17.9 Å². The van der Waals surface area contributed by atoms with Crippen molar-refractivity contribution in [2.45, 2.75) is 33.2 Å². The van der Waals surface area contributed by atoms with Crippen LogP contribution in [0.5, 0.6) is 0 Å². The summed E-state index contributed by atoms with van der Waals surface area (Å²) >= 11 is 0. The van der Waals surface area contributed by atoms with Crippen LogP contribution in [0.3, 0.4) is 0 Å². The van der Waals surface area contributed by atoms with E-state index in [1.54, 1.807) is 12.4 Å². The van der Waals surface area contributed by atoms with Crippen LogP contribution in [-0.2, 0) is 13.0 Å². The number of carbonyl (C=O) groups is 1. The number of carbonyl (C=O) groups excluding carboxylic acids is 1. The largest absolute Gasteiger partial charge is 0.465 e. The molecule has 6 nitrogen and oxygen atoms in total. The molecule has 1 aliphatic heterocycles. The zero-order valence-electron chi connectivity index (χ0n) is 14.4. The molecule has 0 atom stereocenters. The van der Waals surface area contributed by atoms with Crippen molar-refractivity contribution in [2.75, 3.05) is 26.2 Å². The van der Waals surface area contributed by atoms with E-state index in [9.17, 15) is 4.79 Å². The van der Waals surface area contributed by atoms with Crippen molar-refractivity contribution < 1.29 is 9.21 Å². The number of aromatic nitrogens is 2. The lowest BCUT2D eigenvalue weighted by atomic mass is 10.3. The summed E-state index contributed by atoms with van der Waals surface area (Å²) in [6.07, 6.45) is 5.07. The minimum absolute atomic E-state index is 0.0318. The van der Waals surface area contributed by atoms with Gasteiger partial charge < -0.3 is 9.32 Å². The third kappa shape index (κ3) is 4.00. The maximum Gasteiger partial charge on any atom is 0.274 e. The molecule has 2 aromatic heterocycles. The van der Waals surface area contributed by atoms with Gasteiger partial charge in [0.15, 0.2) is 0 Å². The minimum Gasteiger partial charge on any atom is -0.465 e. The van der Waals surface area contributed by atoms with Gasteiger partial charge in [-0.3, -0.25) is 14.7 Å². The standard InChI is InChI=1S/C18H24N4O2/c1-3-15-5-6-16(24-15)13-21-7-4-8-22(10-9-21)18(23)17-12-19-14(2)11-20-17/h5-6,11-12H,3-4,7-10,13H2,1-2H3. The van der Waals surface area contributed by atoms with Gasteiger partial charge in [-0.25, -0.2) is 4.98 Å². The Bertz CT molecular complexity index is 681. The highest BCUT2D eigenvalue weighted by atomic mass is 16.3. The monoisotopic (exact) mass is 328 g/mol. The molecule has 1 fully saturated rings. The number of hydrogen-bond acceptors (Lipinski definition) is 5. The second-order valence-electron chi connectivity index (χ2n) is 6.19. The molecule has 0 N–H and O–H groups in total. The van der Waals surface area contributed by atoms with Crippen molar-refractivity contribution in [3.8, 4) is 0 Å². The van der Waals surface area contributed by atoms with E-state index in [0.29, 0.717) is 12.2 Å². The van der Waals surface area contributed by atoms with E-state index in [2.05, 4.69) is 27.9 Å². The van der Waals surface area contributed by atoms with Crippen LogP contribution >= 0.6 is 0 Å². The summed E-state index contributed by atoms with van der Waals surface area (Å²) in [6.45, 7) is 8.01. The number of hydrogen-bond donors (Lipinski definition) is 0. The summed E-state index contributed by atoms with van der Waals surface area (Å²) in [5, 5.41) is 0. The van der Waals surface area contributed by atoms with Gasteiger partial charge in [-0.1, -0.05) is 6.92 Å². The summed E-state index contributed by atoms with van der Waals surface area (Å²) in [4.78, 5) is 25.1. The van der Waals surface area contributed by atoms with Crippen LogP contribution in [0.1, 0.15) is 41.0 Å². The molecule has 128 valence electrons. The maximum atomic E-state index is 12.6. The lowest BCUT2D eigenvalue weighted by Gasteiger charge is -2.21. The fourth-order valence-corrected chi connectivity index (χ4v) is 2.91. The fourth-order valence-electron chi connectivity index (χ4n) is 2.91. The van der Waals surface area contributed by atoms with Gasteiger partial charge in [0.1, 0.15) is 17.2 Å². The molecule has 3 heterocycles. The Balaban J connectivity index is 1.58. The topological polar surface area (TPSA) is 62.5 Å². The molecule has 0 aromatic carbocycles. The van der Waals surface area contributed by atoms with Crippen LogP contribution in [0.2, 0.25) is 0 Å². The number of nitrogens with zero attached hydrogens (tertiary/aromatic N) is 4. The smallest absolute Gasteiger partial charge is 0.274 e. The van der Waals surface area contributed by atoms with Crippen LogP contribution < -0.4 is 0 Å². The van der Waals surface area contributed by atoms with E-state index in [0.717, 1.165) is 56.2 Å². The van der Waals surface area contributed by atoms with Crippen LogP contribution in [-0.4, -0.2) is 51.9 Å². The zero-order chi connectivity index (χ0) is 16.9. The van der Waals surface area contributed by atoms with Gasteiger partial charge >= 0.3 is 0 Å². The first-order valence-corrected chi connectivity index (χ1v) is 8.53. The first-order valence-electron chi connectivity index (χ1n) is 8.53. The average Bonchev–Trinajstić information content (AvgIpc) is 2.92. The lowest BCUT2D eigenvalue weighted by molar-refractivity contribution is 0.0754. The molecule has 1 saturated heterocycles. The van der Waals surface area contributed by atoms with E-state index in [1.165, 1.54) is 0 Å². The molecule has 0 spiro atoms. The summed E-state index contributed by atoms with van der Waals surface area (Å²) < 4.78 is 5.79. The zero-order valence-corrected chi connectivity index (χ0v) is 14.4. The van der Waals surface area contributed by atoms with Crippen molar-refractivity contribution in [3.63, 3.8) is 0 Å². The predicted octanol–water partition coefficient (Wildman–Crippen LogP) is 2.29. The minimum atomic E-state index is -0.0318. The van der Waals surface area contributed by atoms with E-state index in [4.69, 9.17) is 4.42 Å². The van der Waals surface area contributed by atoms with E-state index < -0.39 is 0 Å². The van der Waals surface area contributed by atoms with Crippen molar-refractivity contribution in [1.82, 2.24) is 19.8 Å². The number of rotatable bonds is 4. The van der Waals surface area contributed by atoms with Gasteiger partial charge in [-0.05, 0) is 25.5 Å². The molecular weight excluding hydrogens is 304 g/mol. The summed E-state index contributed by atoms with van der Waals surface area (Å²) in [6, 6.07) is 4.09. The Morgan fingerprint density at radius 2 is 1.96 bits per heavy atom. The van der Waals surface area contributed by atoms with Crippen LogP contribution in [0.15, 0.2) is 28.9 Å². The Labute approximate surface area is 142 Å². The van der Waals surface area contributed by atoms with Crippen molar-refractivity contribution in [3.05, 3.63) is 47.4 Å². The highest BCUT2D eigenvalue weighted by Crippen LogP contribution is 2.14. The van der Waals surface area contributed by atoms with E-state index >= 15 is 0 Å². The van der Waals surface area contributed by atoms with Gasteiger partial charge in [0.2, 0.25) is 0 Å². The molecule has 0 saturated carbocycles. The molecule has 6 heteroatoms. The second-order valence-corrected chi connectivity index (χ2v) is 6.19. The average molecular weight is 328 g/mol. The Morgan fingerprint density at radius 3 is 2.67 bits per heavy atom. The molecule has 0 unspecified atom stereocenters. The van der Waals surface area contributed by atoms with Gasteiger partial charge in [0.25, 0.3) is 5.91 Å². The molecule has 1 amide bonds. The third-order valence-electron chi connectivity index (χ3n) is 4.32. The SMILES string of the molecule is CCc1ccc(CN2CCCN(C(=O)c3cnc(C)cn3)CC2)o1. The van der Waals surface area contributed by atoms with Gasteiger partial charge in [0.05, 0.1) is 18.4 Å². The first kappa shape index (κ1) is 16.6. The normalized spacial score (nSPS) is 16.2. The molecule has 2 aromatic rings. The van der Waals surface area contributed by atoms with Gasteiger partial charge in [0, 0.05) is 38.8 Å². The van der Waals surface area contributed by atoms with Crippen LogP contribution in [0, 0.1) is 6.92 Å². The van der Waals surface area contributed by atoms with Gasteiger partial charge in [-0.2, -0.15) is 0 Å². The number of aryl methyl sites for hydroxylation is 2. The molecule has 0 bridgehead atoms. The summed E-state index contributed by atoms with van der Waals surface area (Å²) in [7, 11) is 0. The van der Waals surface area contributed by atoms with E-state index in [-0.39, 0.29) is 5.91 Å². The third-order valence-corrected chi connectivity index (χ3v) is 4.32. The fraction of sp³-hybridized carbons (Fsp3) is 0.500. The van der Waals surface area contributed by atoms with Crippen molar-refractivity contribution in [2.24, 2.45) is 0 Å². The first-order chi connectivity index (χ1) is 11.7. The van der Waals surface area contributed by atoms with Crippen molar-refractivity contribution >= 4 is 5.91 Å². The molecular formula is C18H24N4O2. The van der Waals surface area contributed by atoms with Gasteiger partial charge in [-0.15, -0.1) is 0 Å². The molecule has 0 aliphatic carbocycles. The Hall–Kier alpha value is -2.21. The molecule has 24 heavy (non-hydrogen) atoms. The number of amides is 1. The van der Waals surface area contributed by atoms with Crippen LogP contribution in [0.25, 0.3) is 0 Å². The predicted molar refractivity (Wildman–Crippen MR) is 90.7 cm³/mol. The Morgan fingerprint density at radius 1 is 1.12 bits per heavy atom. The molecule has 3 rings (SSSR count). The summed E-state index contributed by atoms with van der Waals surface area (Å²) in [5.41, 5.74) is 1.24. The molecule has 0 radical (unpaired) electrons. The second kappa shape index (κ2) is 7.57. The van der Waals surface area contributed by atoms with Crippen LogP contribution in [0.4, 0.5) is 0 Å². The highest BCUT2D eigenvalue weighted by Gasteiger charge is 2.21. The number of furan rings is 1. The highest BCUT2D eigenvalue weighted by molar-refractivity contribution is 5.92.